The number of benzene rings is 2. The van der Waals surface area contributed by atoms with Gasteiger partial charge in [0.2, 0.25) is 0 Å². The molecular formula is C19H20ClN2OS+. The Hall–Kier alpha value is -1.49. The van der Waals surface area contributed by atoms with Crippen LogP contribution in [0.4, 0.5) is 5.69 Å². The fourth-order valence-corrected chi connectivity index (χ4v) is 4.82. The molecule has 124 valence electrons. The number of halogens is 1. The molecule has 0 bridgehead atoms. The highest BCUT2D eigenvalue weighted by molar-refractivity contribution is 8.13. The van der Waals surface area contributed by atoms with Crippen LogP contribution >= 0.6 is 23.4 Å². The average Bonchev–Trinajstić information content (AvgIpc) is 2.90. The molecule has 4 rings (SSSR count). The Labute approximate surface area is 151 Å². The molecule has 3 nitrogen and oxygen atoms in total. The second-order valence-electron chi connectivity index (χ2n) is 6.33. The number of para-hydroxylation sites is 1. The van der Waals surface area contributed by atoms with Gasteiger partial charge in [0.15, 0.2) is 6.54 Å². The topological polar surface area (TPSA) is 26.5 Å². The first-order valence-corrected chi connectivity index (χ1v) is 9.55. The summed E-state index contributed by atoms with van der Waals surface area (Å²) in [5.74, 6) is 1.09. The quantitative estimate of drug-likeness (QED) is 0.826. The van der Waals surface area contributed by atoms with Gasteiger partial charge in [0.1, 0.15) is 5.69 Å². The van der Waals surface area contributed by atoms with Gasteiger partial charge in [0.25, 0.3) is 5.72 Å². The van der Waals surface area contributed by atoms with Gasteiger partial charge < -0.3 is 5.11 Å². The third-order valence-electron chi connectivity index (χ3n) is 4.76. The van der Waals surface area contributed by atoms with E-state index in [0.29, 0.717) is 11.6 Å². The highest BCUT2D eigenvalue weighted by Gasteiger charge is 2.53. The third-order valence-corrected chi connectivity index (χ3v) is 6.20. The maximum Gasteiger partial charge on any atom is 0.316 e. The summed E-state index contributed by atoms with van der Waals surface area (Å²) in [5.41, 5.74) is 2.26. The number of thioether (sulfide) groups is 1. The minimum atomic E-state index is -1.02. The SMILES string of the molecule is Cc1ccccc1N1CC(O)(c2ccc(Cl)cc2)[N+]2=C1SCCC2. The smallest absolute Gasteiger partial charge is 0.316 e. The van der Waals surface area contributed by atoms with Crippen molar-refractivity contribution in [1.82, 2.24) is 0 Å². The van der Waals surface area contributed by atoms with Crippen molar-refractivity contribution in [3.8, 4) is 0 Å². The van der Waals surface area contributed by atoms with Crippen molar-refractivity contribution in [2.75, 3.05) is 23.7 Å². The Kier molecular flexibility index (Phi) is 4.07. The van der Waals surface area contributed by atoms with Crippen LogP contribution in [0.15, 0.2) is 48.5 Å². The Balaban J connectivity index is 1.82. The molecule has 1 atom stereocenters. The average molecular weight is 360 g/mol. The standard InChI is InChI=1S/C19H20ClN2OS/c1-14-5-2-3-6-17(14)21-13-19(23,15-7-9-16(20)10-8-15)22-11-4-12-24-18(21)22/h2-3,5-10,23H,4,11-13H2,1H3/q+1. The van der Waals surface area contributed by atoms with Crippen molar-refractivity contribution in [2.24, 2.45) is 0 Å². The van der Waals surface area contributed by atoms with E-state index >= 15 is 0 Å². The van der Waals surface area contributed by atoms with Gasteiger partial charge in [-0.05, 0) is 48.9 Å². The van der Waals surface area contributed by atoms with E-state index in [1.165, 1.54) is 5.56 Å². The molecule has 5 heteroatoms. The molecule has 0 aromatic heterocycles. The lowest BCUT2D eigenvalue weighted by Gasteiger charge is -2.24. The van der Waals surface area contributed by atoms with Gasteiger partial charge in [-0.2, -0.15) is 0 Å². The van der Waals surface area contributed by atoms with Crippen molar-refractivity contribution in [1.29, 1.82) is 0 Å². The highest BCUT2D eigenvalue weighted by atomic mass is 35.5. The largest absolute Gasteiger partial charge is 0.346 e. The van der Waals surface area contributed by atoms with Crippen molar-refractivity contribution < 1.29 is 9.68 Å². The van der Waals surface area contributed by atoms with Crippen molar-refractivity contribution in [3.63, 3.8) is 0 Å². The Morgan fingerprint density at radius 1 is 1.17 bits per heavy atom. The number of aryl methyl sites for hydroxylation is 1. The summed E-state index contributed by atoms with van der Waals surface area (Å²) in [7, 11) is 0. The zero-order valence-corrected chi connectivity index (χ0v) is 15.1. The second-order valence-corrected chi connectivity index (χ2v) is 7.83. The first-order valence-electron chi connectivity index (χ1n) is 8.18. The molecule has 2 aromatic carbocycles. The molecule has 0 aliphatic carbocycles. The summed E-state index contributed by atoms with van der Waals surface area (Å²) in [5, 5.41) is 13.4. The molecule has 0 spiro atoms. The molecule has 2 heterocycles. The van der Waals surface area contributed by atoms with E-state index in [1.807, 2.05) is 36.0 Å². The molecule has 24 heavy (non-hydrogen) atoms. The normalized spacial score (nSPS) is 23.5. The van der Waals surface area contributed by atoms with Crippen LogP contribution in [-0.4, -0.2) is 33.7 Å². The molecule has 0 fully saturated rings. The summed E-state index contributed by atoms with van der Waals surface area (Å²) in [6.45, 7) is 3.51. The first kappa shape index (κ1) is 16.0. The summed E-state index contributed by atoms with van der Waals surface area (Å²) in [6, 6.07) is 15.9. The number of hydrogen-bond donors (Lipinski definition) is 1. The van der Waals surface area contributed by atoms with Crippen LogP contribution in [0.25, 0.3) is 0 Å². The van der Waals surface area contributed by atoms with E-state index < -0.39 is 5.72 Å². The van der Waals surface area contributed by atoms with E-state index in [-0.39, 0.29) is 0 Å². The van der Waals surface area contributed by atoms with Crippen LogP contribution in [0.3, 0.4) is 0 Å². The number of rotatable bonds is 2. The molecule has 2 aliphatic heterocycles. The lowest BCUT2D eigenvalue weighted by Crippen LogP contribution is -2.41. The molecule has 0 amide bonds. The van der Waals surface area contributed by atoms with Crippen LogP contribution in [0.2, 0.25) is 5.02 Å². The maximum atomic E-state index is 11.6. The fraction of sp³-hybridized carbons (Fsp3) is 0.316. The molecule has 0 saturated heterocycles. The van der Waals surface area contributed by atoms with Gasteiger partial charge in [-0.3, -0.25) is 0 Å². The molecule has 1 N–H and O–H groups in total. The van der Waals surface area contributed by atoms with Gasteiger partial charge in [-0.1, -0.05) is 41.9 Å². The Bertz CT molecular complexity index is 805. The summed E-state index contributed by atoms with van der Waals surface area (Å²) < 4.78 is 2.15. The minimum Gasteiger partial charge on any atom is -0.346 e. The lowest BCUT2D eigenvalue weighted by atomic mass is 10.0. The van der Waals surface area contributed by atoms with E-state index in [1.54, 1.807) is 0 Å². The summed E-state index contributed by atoms with van der Waals surface area (Å²) in [4.78, 5) is 2.26. The predicted molar refractivity (Wildman–Crippen MR) is 101 cm³/mol. The third kappa shape index (κ3) is 2.53. The number of hydrogen-bond acceptors (Lipinski definition) is 3. The number of amidine groups is 1. The highest BCUT2D eigenvalue weighted by Crippen LogP contribution is 2.38. The number of β-amino-alcohol motifs (C(OH)–C–C–N with tert-alkyl or cyclic N) is 1. The van der Waals surface area contributed by atoms with E-state index in [4.69, 9.17) is 11.6 Å². The summed E-state index contributed by atoms with van der Waals surface area (Å²) >= 11 is 7.86. The predicted octanol–water partition coefficient (Wildman–Crippen LogP) is 3.82. The van der Waals surface area contributed by atoms with Gasteiger partial charge in [-0.15, -0.1) is 0 Å². The number of anilines is 1. The second kappa shape index (κ2) is 6.10. The first-order chi connectivity index (χ1) is 11.6. The molecule has 2 aromatic rings. The van der Waals surface area contributed by atoms with Crippen molar-refractivity contribution >= 4 is 34.2 Å². The van der Waals surface area contributed by atoms with E-state index in [0.717, 1.165) is 35.1 Å². The zero-order valence-electron chi connectivity index (χ0n) is 13.6. The lowest BCUT2D eigenvalue weighted by molar-refractivity contribution is -0.656. The van der Waals surface area contributed by atoms with Crippen LogP contribution in [-0.2, 0) is 5.72 Å². The fourth-order valence-electron chi connectivity index (χ4n) is 3.52. The van der Waals surface area contributed by atoms with E-state index in [9.17, 15) is 5.11 Å². The number of nitrogens with zero attached hydrogens (tertiary/aromatic N) is 2. The minimum absolute atomic E-state index is 0.530. The van der Waals surface area contributed by atoms with Gasteiger partial charge >= 0.3 is 5.17 Å². The van der Waals surface area contributed by atoms with Crippen LogP contribution in [0.5, 0.6) is 0 Å². The Morgan fingerprint density at radius 3 is 2.67 bits per heavy atom. The monoisotopic (exact) mass is 359 g/mol. The molecular weight excluding hydrogens is 340 g/mol. The molecule has 0 radical (unpaired) electrons. The zero-order chi connectivity index (χ0) is 16.7. The van der Waals surface area contributed by atoms with Gasteiger partial charge in [0.05, 0.1) is 6.54 Å². The van der Waals surface area contributed by atoms with Gasteiger partial charge in [-0.25, -0.2) is 9.48 Å². The molecule has 2 aliphatic rings. The van der Waals surface area contributed by atoms with Gasteiger partial charge in [0, 0.05) is 16.3 Å². The van der Waals surface area contributed by atoms with Crippen LogP contribution < -0.4 is 4.90 Å². The van der Waals surface area contributed by atoms with Crippen LogP contribution in [0.1, 0.15) is 17.5 Å². The van der Waals surface area contributed by atoms with Crippen molar-refractivity contribution in [3.05, 3.63) is 64.7 Å². The Morgan fingerprint density at radius 2 is 1.92 bits per heavy atom. The van der Waals surface area contributed by atoms with E-state index in [2.05, 4.69) is 40.7 Å². The number of aliphatic hydroxyl groups is 1. The molecule has 0 saturated carbocycles. The molecule has 1 unspecified atom stereocenters. The summed E-state index contributed by atoms with van der Waals surface area (Å²) in [6.07, 6.45) is 1.08. The maximum absolute atomic E-state index is 11.6. The van der Waals surface area contributed by atoms with Crippen molar-refractivity contribution in [2.45, 2.75) is 19.1 Å². The van der Waals surface area contributed by atoms with Crippen LogP contribution in [0, 0.1) is 6.92 Å².